The number of halogens is 1. The molecule has 0 aliphatic heterocycles. The van der Waals surface area contributed by atoms with E-state index in [-0.39, 0.29) is 0 Å². The second-order valence-electron chi connectivity index (χ2n) is 4.00. The fourth-order valence-corrected chi connectivity index (χ4v) is 1.56. The number of alkyl halides is 1. The van der Waals surface area contributed by atoms with Crippen LogP contribution in [0.5, 0.6) is 5.75 Å². The SMILES string of the molecule is COc1cnn(CCN(C)C)c1/C=C/CCCl. The minimum atomic E-state index is 0.630. The molecule has 0 aliphatic carbocycles. The van der Waals surface area contributed by atoms with Crippen LogP contribution in [0.3, 0.4) is 0 Å². The number of aromatic nitrogens is 2. The van der Waals surface area contributed by atoms with Crippen LogP contribution < -0.4 is 4.74 Å². The van der Waals surface area contributed by atoms with Gasteiger partial charge in [0.25, 0.3) is 0 Å². The molecule has 0 aromatic carbocycles. The molecular formula is C12H20ClN3O. The van der Waals surface area contributed by atoms with Gasteiger partial charge in [-0.3, -0.25) is 4.68 Å². The number of nitrogens with zero attached hydrogens (tertiary/aromatic N) is 3. The predicted molar refractivity (Wildman–Crippen MR) is 71.7 cm³/mol. The van der Waals surface area contributed by atoms with Crippen molar-refractivity contribution in [3.8, 4) is 5.75 Å². The van der Waals surface area contributed by atoms with Crippen molar-refractivity contribution in [1.29, 1.82) is 0 Å². The first-order chi connectivity index (χ1) is 8.19. The van der Waals surface area contributed by atoms with E-state index in [1.54, 1.807) is 13.3 Å². The number of hydrogen-bond acceptors (Lipinski definition) is 3. The van der Waals surface area contributed by atoms with Gasteiger partial charge in [-0.25, -0.2) is 0 Å². The number of allylic oxidation sites excluding steroid dienone is 1. The first-order valence-corrected chi connectivity index (χ1v) is 6.19. The lowest BCUT2D eigenvalue weighted by Crippen LogP contribution is -2.19. The summed E-state index contributed by atoms with van der Waals surface area (Å²) in [7, 11) is 5.75. The van der Waals surface area contributed by atoms with Crippen molar-refractivity contribution < 1.29 is 4.74 Å². The molecule has 0 amide bonds. The van der Waals surface area contributed by atoms with Gasteiger partial charge in [-0.15, -0.1) is 11.6 Å². The molecule has 5 heteroatoms. The molecule has 4 nitrogen and oxygen atoms in total. The number of ether oxygens (including phenoxy) is 1. The highest BCUT2D eigenvalue weighted by Crippen LogP contribution is 2.19. The summed E-state index contributed by atoms with van der Waals surface area (Å²) in [6.45, 7) is 1.79. The van der Waals surface area contributed by atoms with Crippen LogP contribution in [0, 0.1) is 0 Å². The van der Waals surface area contributed by atoms with Crippen LogP contribution in [-0.4, -0.2) is 48.3 Å². The summed E-state index contributed by atoms with van der Waals surface area (Å²) in [6.07, 6.45) is 6.65. The number of hydrogen-bond donors (Lipinski definition) is 0. The average molecular weight is 258 g/mol. The van der Waals surface area contributed by atoms with Crippen molar-refractivity contribution in [3.63, 3.8) is 0 Å². The average Bonchev–Trinajstić information content (AvgIpc) is 2.69. The van der Waals surface area contributed by atoms with Crippen molar-refractivity contribution in [2.24, 2.45) is 0 Å². The van der Waals surface area contributed by atoms with E-state index in [1.165, 1.54) is 0 Å². The monoisotopic (exact) mass is 257 g/mol. The molecule has 0 saturated carbocycles. The Bertz CT molecular complexity index is 361. The fourth-order valence-electron chi connectivity index (χ4n) is 1.43. The van der Waals surface area contributed by atoms with Crippen LogP contribution in [-0.2, 0) is 6.54 Å². The van der Waals surface area contributed by atoms with Crippen molar-refractivity contribution in [2.75, 3.05) is 33.6 Å². The standard InChI is InChI=1S/C12H20ClN3O/c1-15(2)8-9-16-11(6-4-5-7-13)12(17-3)10-14-16/h4,6,10H,5,7-9H2,1-3H3/b6-4+. The first kappa shape index (κ1) is 14.1. The maximum atomic E-state index is 5.65. The van der Waals surface area contributed by atoms with E-state index in [2.05, 4.69) is 10.00 Å². The van der Waals surface area contributed by atoms with Crippen LogP contribution >= 0.6 is 11.6 Å². The molecule has 0 N–H and O–H groups in total. The van der Waals surface area contributed by atoms with Crippen LogP contribution in [0.25, 0.3) is 6.08 Å². The Labute approximate surface area is 108 Å². The van der Waals surface area contributed by atoms with Crippen molar-refractivity contribution in [1.82, 2.24) is 14.7 Å². The Morgan fingerprint density at radius 3 is 2.88 bits per heavy atom. The molecule has 0 aliphatic rings. The maximum absolute atomic E-state index is 5.65. The van der Waals surface area contributed by atoms with Gasteiger partial charge >= 0.3 is 0 Å². The summed E-state index contributed by atoms with van der Waals surface area (Å²) in [5.74, 6) is 1.43. The summed E-state index contributed by atoms with van der Waals surface area (Å²) in [6, 6.07) is 0. The quantitative estimate of drug-likeness (QED) is 0.701. The highest BCUT2D eigenvalue weighted by Gasteiger charge is 2.08. The van der Waals surface area contributed by atoms with Crippen molar-refractivity contribution in [2.45, 2.75) is 13.0 Å². The van der Waals surface area contributed by atoms with Gasteiger partial charge < -0.3 is 9.64 Å². The Balaban J connectivity index is 2.78. The molecule has 0 fully saturated rings. The molecule has 0 spiro atoms. The lowest BCUT2D eigenvalue weighted by molar-refractivity contribution is 0.370. The van der Waals surface area contributed by atoms with Gasteiger partial charge in [0, 0.05) is 12.4 Å². The van der Waals surface area contributed by atoms with E-state index in [1.807, 2.05) is 30.9 Å². The van der Waals surface area contributed by atoms with Gasteiger partial charge in [0.05, 0.1) is 19.9 Å². The van der Waals surface area contributed by atoms with Gasteiger partial charge in [-0.2, -0.15) is 5.10 Å². The largest absolute Gasteiger partial charge is 0.493 e. The Morgan fingerprint density at radius 1 is 1.53 bits per heavy atom. The second kappa shape index (κ2) is 7.35. The van der Waals surface area contributed by atoms with Crippen molar-refractivity contribution in [3.05, 3.63) is 18.0 Å². The van der Waals surface area contributed by atoms with E-state index in [0.717, 1.165) is 31.0 Å². The zero-order valence-electron chi connectivity index (χ0n) is 10.7. The third-order valence-corrected chi connectivity index (χ3v) is 2.59. The van der Waals surface area contributed by atoms with Gasteiger partial charge in [0.1, 0.15) is 5.69 Å². The third kappa shape index (κ3) is 4.40. The Morgan fingerprint density at radius 2 is 2.29 bits per heavy atom. The highest BCUT2D eigenvalue weighted by molar-refractivity contribution is 6.17. The normalized spacial score (nSPS) is 11.6. The summed E-state index contributed by atoms with van der Waals surface area (Å²) in [5, 5.41) is 4.32. The molecule has 0 saturated heterocycles. The fraction of sp³-hybridized carbons (Fsp3) is 0.583. The van der Waals surface area contributed by atoms with E-state index >= 15 is 0 Å². The molecule has 0 unspecified atom stereocenters. The van der Waals surface area contributed by atoms with Gasteiger partial charge in [-0.05, 0) is 26.6 Å². The van der Waals surface area contributed by atoms with Crippen LogP contribution in [0.2, 0.25) is 0 Å². The van der Waals surface area contributed by atoms with Crippen LogP contribution in [0.15, 0.2) is 12.3 Å². The van der Waals surface area contributed by atoms with E-state index in [4.69, 9.17) is 16.3 Å². The minimum absolute atomic E-state index is 0.630. The van der Waals surface area contributed by atoms with Gasteiger partial charge in [-0.1, -0.05) is 6.08 Å². The zero-order chi connectivity index (χ0) is 12.7. The first-order valence-electron chi connectivity index (χ1n) is 5.66. The number of likely N-dealkylation sites (N-methyl/N-ethyl adjacent to an activating group) is 1. The van der Waals surface area contributed by atoms with E-state index in [9.17, 15) is 0 Å². The maximum Gasteiger partial charge on any atom is 0.164 e. The summed E-state index contributed by atoms with van der Waals surface area (Å²) >= 11 is 5.65. The molecule has 0 bridgehead atoms. The van der Waals surface area contributed by atoms with Crippen LogP contribution in [0.1, 0.15) is 12.1 Å². The van der Waals surface area contributed by atoms with E-state index < -0.39 is 0 Å². The summed E-state index contributed by atoms with van der Waals surface area (Å²) in [4.78, 5) is 2.13. The molecule has 1 heterocycles. The van der Waals surface area contributed by atoms with Gasteiger partial charge in [0.2, 0.25) is 0 Å². The second-order valence-corrected chi connectivity index (χ2v) is 4.38. The molecule has 1 rings (SSSR count). The lowest BCUT2D eigenvalue weighted by atomic mass is 10.3. The topological polar surface area (TPSA) is 30.3 Å². The molecule has 17 heavy (non-hydrogen) atoms. The van der Waals surface area contributed by atoms with E-state index in [0.29, 0.717) is 5.88 Å². The number of methoxy groups -OCH3 is 1. The molecular weight excluding hydrogens is 238 g/mol. The lowest BCUT2D eigenvalue weighted by Gasteiger charge is -2.10. The molecule has 0 atom stereocenters. The van der Waals surface area contributed by atoms with Crippen molar-refractivity contribution >= 4 is 17.7 Å². The smallest absolute Gasteiger partial charge is 0.164 e. The highest BCUT2D eigenvalue weighted by atomic mass is 35.5. The molecule has 96 valence electrons. The summed E-state index contributed by atoms with van der Waals surface area (Å²) in [5.41, 5.74) is 1.000. The van der Waals surface area contributed by atoms with Crippen LogP contribution in [0.4, 0.5) is 0 Å². The zero-order valence-corrected chi connectivity index (χ0v) is 11.4. The molecule has 1 aromatic rings. The Kier molecular flexibility index (Phi) is 6.08. The molecule has 0 radical (unpaired) electrons. The third-order valence-electron chi connectivity index (χ3n) is 2.38. The Hall–Kier alpha value is -1.00. The predicted octanol–water partition coefficient (Wildman–Crippen LogP) is 2.10. The minimum Gasteiger partial charge on any atom is -0.493 e. The molecule has 1 aromatic heterocycles. The summed E-state index contributed by atoms with van der Waals surface area (Å²) < 4.78 is 7.23. The van der Waals surface area contributed by atoms with Gasteiger partial charge in [0.15, 0.2) is 5.75 Å². The number of rotatable bonds is 7.